The second kappa shape index (κ2) is 10.8. The Hall–Kier alpha value is -3.81. The van der Waals surface area contributed by atoms with Crippen molar-refractivity contribution in [2.45, 2.75) is 38.5 Å². The number of hydrogen-bond acceptors (Lipinski definition) is 7. The molecule has 31 heavy (non-hydrogen) atoms. The van der Waals surface area contributed by atoms with E-state index in [-0.39, 0.29) is 12.2 Å². The van der Waals surface area contributed by atoms with Crippen molar-refractivity contribution in [1.29, 1.82) is 0 Å². The highest BCUT2D eigenvalue weighted by Crippen LogP contribution is 2.19. The van der Waals surface area contributed by atoms with E-state index in [1.165, 1.54) is 25.1 Å². The molecule has 2 aromatic rings. The number of aliphatic imine (C=N–C) groups is 1. The van der Waals surface area contributed by atoms with Crippen molar-refractivity contribution in [1.82, 2.24) is 5.32 Å². The summed E-state index contributed by atoms with van der Waals surface area (Å²) in [4.78, 5) is 49.3. The number of nitrogens with zero attached hydrogens (tertiary/aromatic N) is 1. The number of isocyanates is 1. The van der Waals surface area contributed by atoms with Crippen molar-refractivity contribution < 1.29 is 34.1 Å². The molecule has 3 atom stereocenters. The third-order valence-corrected chi connectivity index (χ3v) is 4.30. The van der Waals surface area contributed by atoms with Crippen molar-refractivity contribution in [3.63, 3.8) is 0 Å². The molecule has 3 N–H and O–H groups in total. The zero-order chi connectivity index (χ0) is 23.0. The highest BCUT2D eigenvalue weighted by atomic mass is 16.5. The van der Waals surface area contributed by atoms with Crippen LogP contribution in [0, 0.1) is 0 Å². The van der Waals surface area contributed by atoms with Gasteiger partial charge in [-0.2, -0.15) is 4.99 Å². The van der Waals surface area contributed by atoms with Gasteiger partial charge >= 0.3 is 5.97 Å². The topological polar surface area (TPSA) is 142 Å². The Balaban J connectivity index is 1.95. The van der Waals surface area contributed by atoms with Crippen molar-refractivity contribution in [3.05, 3.63) is 59.7 Å². The zero-order valence-corrected chi connectivity index (χ0v) is 16.9. The van der Waals surface area contributed by atoms with Crippen LogP contribution < -0.4 is 10.1 Å². The molecule has 2 aromatic carbocycles. The fourth-order valence-electron chi connectivity index (χ4n) is 2.75. The molecule has 0 heterocycles. The molecule has 0 radical (unpaired) electrons. The lowest BCUT2D eigenvalue weighted by Gasteiger charge is -2.19. The largest absolute Gasteiger partial charge is 0.490 e. The normalized spacial score (nSPS) is 13.3. The Morgan fingerprint density at radius 2 is 1.58 bits per heavy atom. The van der Waals surface area contributed by atoms with Gasteiger partial charge in [-0.3, -0.25) is 9.59 Å². The molecule has 0 bridgehead atoms. The van der Waals surface area contributed by atoms with E-state index < -0.39 is 30.1 Å². The number of carbonyl (C=O) groups is 3. The number of nitrogens with one attached hydrogen (secondary N) is 1. The molecule has 0 fully saturated rings. The maximum Gasteiger partial charge on any atom is 0.328 e. The van der Waals surface area contributed by atoms with E-state index in [9.17, 15) is 24.3 Å². The van der Waals surface area contributed by atoms with Gasteiger partial charge < -0.3 is 20.3 Å². The van der Waals surface area contributed by atoms with Gasteiger partial charge in [0.05, 0.1) is 18.2 Å². The fourth-order valence-corrected chi connectivity index (χ4v) is 2.75. The van der Waals surface area contributed by atoms with Crippen LogP contribution in [-0.2, 0) is 14.4 Å². The summed E-state index contributed by atoms with van der Waals surface area (Å²) in [5.41, 5.74) is 1.25. The summed E-state index contributed by atoms with van der Waals surface area (Å²) in [7, 11) is 0. The van der Waals surface area contributed by atoms with E-state index >= 15 is 0 Å². The molecule has 0 saturated carbocycles. The van der Waals surface area contributed by atoms with Crippen LogP contribution >= 0.6 is 0 Å². The zero-order valence-electron chi connectivity index (χ0n) is 16.9. The minimum Gasteiger partial charge on any atom is -0.490 e. The predicted molar refractivity (Wildman–Crippen MR) is 110 cm³/mol. The molecule has 0 aliphatic carbocycles. The van der Waals surface area contributed by atoms with E-state index in [0.717, 1.165) is 0 Å². The molecule has 0 saturated heterocycles. The van der Waals surface area contributed by atoms with Gasteiger partial charge in [0.2, 0.25) is 12.0 Å². The van der Waals surface area contributed by atoms with Gasteiger partial charge in [-0.1, -0.05) is 0 Å². The number of carbonyl (C=O) groups excluding carboxylic acids is 3. The number of carboxylic acid groups (broad SMARTS) is 1. The van der Waals surface area contributed by atoms with Gasteiger partial charge in [0.25, 0.3) is 0 Å². The second-order valence-electron chi connectivity index (χ2n) is 6.86. The lowest BCUT2D eigenvalue weighted by atomic mass is 10.0. The number of hydrogen-bond donors (Lipinski definition) is 3. The molecule has 2 rings (SSSR count). The van der Waals surface area contributed by atoms with E-state index in [1.807, 2.05) is 0 Å². The molecule has 0 aliphatic rings. The minimum atomic E-state index is -1.40. The minimum absolute atomic E-state index is 0.118. The van der Waals surface area contributed by atoms with Crippen molar-refractivity contribution in [3.8, 4) is 5.75 Å². The highest BCUT2D eigenvalue weighted by Gasteiger charge is 2.25. The number of aliphatic hydroxyl groups is 1. The highest BCUT2D eigenvalue weighted by molar-refractivity contribution is 6.09. The summed E-state index contributed by atoms with van der Waals surface area (Å²) >= 11 is 0. The van der Waals surface area contributed by atoms with E-state index in [1.54, 1.807) is 43.3 Å². The molecule has 0 spiro atoms. The monoisotopic (exact) mass is 426 g/mol. The number of aliphatic hydroxyl groups excluding tert-OH is 1. The van der Waals surface area contributed by atoms with Gasteiger partial charge in [0, 0.05) is 11.1 Å². The number of rotatable bonds is 10. The van der Waals surface area contributed by atoms with Crippen LogP contribution in [0.2, 0.25) is 0 Å². The van der Waals surface area contributed by atoms with Gasteiger partial charge in [0.1, 0.15) is 11.9 Å². The number of amides is 1. The fraction of sp³-hybridized carbons (Fsp3) is 0.273. The molecule has 9 heteroatoms. The first-order valence-electron chi connectivity index (χ1n) is 9.41. The Morgan fingerprint density at radius 1 is 1.03 bits per heavy atom. The molecular formula is C22H22N2O7. The smallest absolute Gasteiger partial charge is 0.328 e. The summed E-state index contributed by atoms with van der Waals surface area (Å²) in [5.74, 6) is -1.70. The molecule has 3 unspecified atom stereocenters. The number of benzene rings is 2. The Kier molecular flexibility index (Phi) is 8.19. The summed E-state index contributed by atoms with van der Waals surface area (Å²) < 4.78 is 5.64. The molecule has 1 amide bonds. The lowest BCUT2D eigenvalue weighted by molar-refractivity contribution is -0.145. The van der Waals surface area contributed by atoms with Crippen LogP contribution in [0.15, 0.2) is 53.5 Å². The van der Waals surface area contributed by atoms with Crippen molar-refractivity contribution >= 4 is 29.4 Å². The van der Waals surface area contributed by atoms with E-state index in [4.69, 9.17) is 9.84 Å². The van der Waals surface area contributed by atoms with Crippen LogP contribution in [0.1, 0.15) is 36.2 Å². The maximum absolute atomic E-state index is 12.5. The Bertz CT molecular complexity index is 978. The maximum atomic E-state index is 12.5. The van der Waals surface area contributed by atoms with E-state index in [0.29, 0.717) is 22.6 Å². The quantitative estimate of drug-likeness (QED) is 0.299. The third-order valence-electron chi connectivity index (χ3n) is 4.30. The molecule has 0 aliphatic heterocycles. The second-order valence-corrected chi connectivity index (χ2v) is 6.86. The lowest BCUT2D eigenvalue weighted by Crippen LogP contribution is -2.48. The van der Waals surface area contributed by atoms with Gasteiger partial charge in [-0.25, -0.2) is 9.59 Å². The van der Waals surface area contributed by atoms with Gasteiger partial charge in [-0.05, 0) is 62.4 Å². The van der Waals surface area contributed by atoms with Crippen molar-refractivity contribution in [2.75, 3.05) is 0 Å². The van der Waals surface area contributed by atoms with Crippen LogP contribution in [0.3, 0.4) is 0 Å². The van der Waals surface area contributed by atoms with Crippen LogP contribution in [-0.4, -0.2) is 52.2 Å². The number of carboxylic acids is 1. The van der Waals surface area contributed by atoms with E-state index in [2.05, 4.69) is 10.3 Å². The van der Waals surface area contributed by atoms with Crippen LogP contribution in [0.5, 0.6) is 5.75 Å². The number of ketones is 1. The summed E-state index contributed by atoms with van der Waals surface area (Å²) in [6, 6.07) is 11.1. The molecule has 0 aromatic heterocycles. The Morgan fingerprint density at radius 3 is 2.06 bits per heavy atom. The molecule has 9 nitrogen and oxygen atoms in total. The van der Waals surface area contributed by atoms with Crippen molar-refractivity contribution in [2.24, 2.45) is 4.99 Å². The third kappa shape index (κ3) is 6.88. The molecular weight excluding hydrogens is 404 g/mol. The first-order valence-corrected chi connectivity index (χ1v) is 9.41. The number of ether oxygens (including phenoxy) is 1. The Labute approximate surface area is 178 Å². The average Bonchev–Trinajstić information content (AvgIpc) is 2.72. The summed E-state index contributed by atoms with van der Waals surface area (Å²) in [5, 5.41) is 20.7. The summed E-state index contributed by atoms with van der Waals surface area (Å²) in [6.07, 6.45) is -0.500. The first-order chi connectivity index (χ1) is 14.7. The first kappa shape index (κ1) is 23.5. The van der Waals surface area contributed by atoms with Crippen LogP contribution in [0.25, 0.3) is 0 Å². The van der Waals surface area contributed by atoms with Crippen LogP contribution in [0.4, 0.5) is 5.69 Å². The average molecular weight is 426 g/mol. The SMILES string of the molecule is CC(CC(=O)NC(C(=O)O)C(C)O)Oc1ccc(C(=O)c2ccc(N=C=O)cc2)cc1. The van der Waals surface area contributed by atoms with Gasteiger partial charge in [-0.15, -0.1) is 0 Å². The summed E-state index contributed by atoms with van der Waals surface area (Å²) in [6.45, 7) is 2.91. The van der Waals surface area contributed by atoms with Gasteiger partial charge in [0.15, 0.2) is 11.8 Å². The standard InChI is InChI=1S/C22H22N2O7/c1-13(11-19(27)24-20(14(2)26)22(29)30)31-18-9-5-16(6-10-18)21(28)15-3-7-17(8-4-15)23-12-25/h3-10,13-14,20,26H,11H2,1-2H3,(H,24,27)(H,29,30). The number of aliphatic carboxylic acids is 1. The molecule has 162 valence electrons. The predicted octanol–water partition coefficient (Wildman–Crippen LogP) is 1.99.